The first-order valence-corrected chi connectivity index (χ1v) is 8.69. The van der Waals surface area contributed by atoms with E-state index in [-0.39, 0.29) is 23.0 Å². The van der Waals surface area contributed by atoms with E-state index in [9.17, 15) is 10.1 Å². The van der Waals surface area contributed by atoms with Crippen LogP contribution in [0.4, 0.5) is 0 Å². The van der Waals surface area contributed by atoms with Crippen molar-refractivity contribution in [3.63, 3.8) is 0 Å². The Balaban J connectivity index is 0.00000225. The first kappa shape index (κ1) is 19.4. The topological polar surface area (TPSA) is 71.6 Å². The van der Waals surface area contributed by atoms with E-state index in [0.717, 1.165) is 23.4 Å². The van der Waals surface area contributed by atoms with Gasteiger partial charge in [0, 0.05) is 36.8 Å². The van der Waals surface area contributed by atoms with Gasteiger partial charge in [0.2, 0.25) is 5.84 Å². The Hall–Kier alpha value is -1.96. The molecule has 0 bridgehead atoms. The summed E-state index contributed by atoms with van der Waals surface area (Å²) < 4.78 is 0. The molecule has 1 aliphatic rings. The molecule has 25 heavy (non-hydrogen) atoms. The highest BCUT2D eigenvalue weighted by atomic mass is 35.5. The van der Waals surface area contributed by atoms with Crippen molar-refractivity contribution in [3.8, 4) is 0 Å². The van der Waals surface area contributed by atoms with E-state index >= 15 is 0 Å². The molecule has 1 aliphatic heterocycles. The molecule has 0 N–H and O–H groups in total. The molecule has 0 radical (unpaired) electrons. The fourth-order valence-electron chi connectivity index (χ4n) is 2.48. The number of halogens is 2. The van der Waals surface area contributed by atoms with E-state index in [1.807, 2.05) is 28.5 Å². The molecule has 2 aromatic rings. The molecule has 3 heterocycles. The van der Waals surface area contributed by atoms with Crippen LogP contribution in [0.3, 0.4) is 0 Å². The zero-order valence-electron chi connectivity index (χ0n) is 13.2. The minimum absolute atomic E-state index is 0. The number of nitro groups is 1. The van der Waals surface area contributed by atoms with Crippen LogP contribution in [0.15, 0.2) is 46.5 Å². The monoisotopic (exact) mass is 398 g/mol. The molecule has 0 spiro atoms. The summed E-state index contributed by atoms with van der Waals surface area (Å²) in [5.41, 5.74) is 0.965. The lowest BCUT2D eigenvalue weighted by Crippen LogP contribution is -2.38. The molecule has 2 aromatic heterocycles. The van der Waals surface area contributed by atoms with Gasteiger partial charge in [0.15, 0.2) is 0 Å². The molecule has 0 unspecified atom stereocenters. The Morgan fingerprint density at radius 1 is 1.44 bits per heavy atom. The maximum absolute atomic E-state index is 11.6. The summed E-state index contributed by atoms with van der Waals surface area (Å²) in [5.74, 6) is 0.426. The van der Waals surface area contributed by atoms with Crippen molar-refractivity contribution in [1.29, 1.82) is 0 Å². The second-order valence-corrected chi connectivity index (χ2v) is 6.64. The largest absolute Gasteiger partial charge is 0.347 e. The minimum atomic E-state index is -0.364. The van der Waals surface area contributed by atoms with Gasteiger partial charge in [0.1, 0.15) is 5.15 Å². The van der Waals surface area contributed by atoms with Gasteiger partial charge in [-0.3, -0.25) is 15.1 Å². The summed E-state index contributed by atoms with van der Waals surface area (Å²) in [6, 6.07) is 7.31. The number of amidine groups is 1. The molecule has 132 valence electrons. The number of rotatable bonds is 5. The van der Waals surface area contributed by atoms with Crippen molar-refractivity contribution >= 4 is 47.3 Å². The van der Waals surface area contributed by atoms with Gasteiger partial charge in [-0.2, -0.15) is 0 Å². The second kappa shape index (κ2) is 8.94. The van der Waals surface area contributed by atoms with Crippen LogP contribution in [0.2, 0.25) is 5.15 Å². The van der Waals surface area contributed by atoms with Crippen LogP contribution in [0.1, 0.15) is 16.9 Å². The third-order valence-corrected chi connectivity index (χ3v) is 4.60. The van der Waals surface area contributed by atoms with Crippen molar-refractivity contribution in [2.24, 2.45) is 4.99 Å². The van der Waals surface area contributed by atoms with Gasteiger partial charge >= 0.3 is 5.70 Å². The maximum atomic E-state index is 11.6. The second-order valence-electron chi connectivity index (χ2n) is 5.27. The molecule has 9 heteroatoms. The molecule has 0 fully saturated rings. The van der Waals surface area contributed by atoms with Gasteiger partial charge in [0.05, 0.1) is 4.92 Å². The average molecular weight is 399 g/mol. The van der Waals surface area contributed by atoms with Crippen LogP contribution in [0.5, 0.6) is 0 Å². The van der Waals surface area contributed by atoms with Crippen molar-refractivity contribution in [2.45, 2.75) is 13.0 Å². The Labute approximate surface area is 160 Å². The predicted octanol–water partition coefficient (Wildman–Crippen LogP) is 4.14. The Morgan fingerprint density at radius 2 is 2.28 bits per heavy atom. The molecule has 3 rings (SSSR count). The molecule has 0 saturated heterocycles. The Bertz CT molecular complexity index is 776. The maximum Gasteiger partial charge on any atom is 0.312 e. The molecule has 6 nitrogen and oxygen atoms in total. The zero-order chi connectivity index (χ0) is 16.9. The van der Waals surface area contributed by atoms with Crippen LogP contribution >= 0.6 is 35.3 Å². The van der Waals surface area contributed by atoms with Crippen LogP contribution in [0, 0.1) is 10.1 Å². The van der Waals surface area contributed by atoms with Crippen LogP contribution in [-0.4, -0.2) is 33.7 Å². The number of pyridine rings is 1. The SMILES string of the molecule is Cl.O=[N+]([O-])/C(=C\c1cccs1)C1=NCCCN1Cc1ccc(Cl)nc1. The predicted molar refractivity (Wildman–Crippen MR) is 103 cm³/mol. The number of aliphatic imine (C=N–C) groups is 1. The molecule has 0 aromatic carbocycles. The lowest BCUT2D eigenvalue weighted by Gasteiger charge is -2.27. The molecular weight excluding hydrogens is 383 g/mol. The van der Waals surface area contributed by atoms with E-state index in [1.165, 1.54) is 11.3 Å². The van der Waals surface area contributed by atoms with Gasteiger partial charge in [-0.15, -0.1) is 23.7 Å². The van der Waals surface area contributed by atoms with E-state index in [0.29, 0.717) is 24.1 Å². The van der Waals surface area contributed by atoms with Crippen LogP contribution < -0.4 is 0 Å². The van der Waals surface area contributed by atoms with Gasteiger partial charge in [-0.25, -0.2) is 4.98 Å². The zero-order valence-corrected chi connectivity index (χ0v) is 15.6. The number of nitrogens with zero attached hydrogens (tertiary/aromatic N) is 4. The van der Waals surface area contributed by atoms with Crippen molar-refractivity contribution < 1.29 is 4.92 Å². The molecular formula is C16H16Cl2N4O2S. The van der Waals surface area contributed by atoms with Crippen molar-refractivity contribution in [3.05, 3.63) is 67.2 Å². The minimum Gasteiger partial charge on any atom is -0.347 e. The van der Waals surface area contributed by atoms with E-state index < -0.39 is 0 Å². The Morgan fingerprint density at radius 3 is 2.92 bits per heavy atom. The fourth-order valence-corrected chi connectivity index (χ4v) is 3.24. The smallest absolute Gasteiger partial charge is 0.312 e. The quantitative estimate of drug-likeness (QED) is 0.430. The van der Waals surface area contributed by atoms with Crippen LogP contribution in [0.25, 0.3) is 6.08 Å². The van der Waals surface area contributed by atoms with Crippen LogP contribution in [-0.2, 0) is 6.54 Å². The third-order valence-electron chi connectivity index (χ3n) is 3.56. The van der Waals surface area contributed by atoms with Crippen molar-refractivity contribution in [2.75, 3.05) is 13.1 Å². The summed E-state index contributed by atoms with van der Waals surface area (Å²) in [6.07, 6.45) is 4.14. The Kier molecular flexibility index (Phi) is 6.92. The summed E-state index contributed by atoms with van der Waals surface area (Å²) in [6.45, 7) is 1.83. The fraction of sp³-hybridized carbons (Fsp3) is 0.250. The standard InChI is InChI=1S/C16H15ClN4O2S.ClH/c17-15-5-4-12(10-19-15)11-20-7-2-6-18-16(20)14(21(22)23)9-13-3-1-8-24-13;/h1,3-5,8-10H,2,6-7,11H2;1H/b14-9-;. The highest BCUT2D eigenvalue weighted by molar-refractivity contribution is 7.10. The lowest BCUT2D eigenvalue weighted by molar-refractivity contribution is -0.414. The highest BCUT2D eigenvalue weighted by Crippen LogP contribution is 2.20. The lowest BCUT2D eigenvalue weighted by atomic mass is 10.2. The number of hydrogen-bond donors (Lipinski definition) is 0. The summed E-state index contributed by atoms with van der Waals surface area (Å²) >= 11 is 7.27. The number of thiophene rings is 1. The first-order chi connectivity index (χ1) is 11.6. The van der Waals surface area contributed by atoms with E-state index in [1.54, 1.807) is 18.3 Å². The van der Waals surface area contributed by atoms with E-state index in [2.05, 4.69) is 9.98 Å². The summed E-state index contributed by atoms with van der Waals surface area (Å²) in [7, 11) is 0. The van der Waals surface area contributed by atoms with Gasteiger partial charge in [-0.1, -0.05) is 23.7 Å². The summed E-state index contributed by atoms with van der Waals surface area (Å²) in [5, 5.41) is 13.9. The van der Waals surface area contributed by atoms with Gasteiger partial charge in [-0.05, 0) is 29.5 Å². The third kappa shape index (κ3) is 5.01. The molecule has 0 amide bonds. The van der Waals surface area contributed by atoms with Gasteiger partial charge < -0.3 is 4.90 Å². The van der Waals surface area contributed by atoms with Crippen molar-refractivity contribution in [1.82, 2.24) is 9.88 Å². The molecule has 0 aliphatic carbocycles. The number of aromatic nitrogens is 1. The highest BCUT2D eigenvalue weighted by Gasteiger charge is 2.27. The number of hydrogen-bond acceptors (Lipinski definition) is 6. The first-order valence-electron chi connectivity index (χ1n) is 7.43. The normalized spacial score (nSPS) is 14.7. The molecule has 0 atom stereocenters. The average Bonchev–Trinajstić information content (AvgIpc) is 3.08. The van der Waals surface area contributed by atoms with Gasteiger partial charge in [0.25, 0.3) is 0 Å². The van der Waals surface area contributed by atoms with E-state index in [4.69, 9.17) is 11.6 Å². The summed E-state index contributed by atoms with van der Waals surface area (Å²) in [4.78, 5) is 22.5. The molecule has 0 saturated carbocycles.